The van der Waals surface area contributed by atoms with Crippen molar-refractivity contribution in [3.63, 3.8) is 0 Å². The molecule has 1 unspecified atom stereocenters. The van der Waals surface area contributed by atoms with Crippen molar-refractivity contribution in [1.29, 1.82) is 0 Å². The van der Waals surface area contributed by atoms with Crippen molar-refractivity contribution in [2.45, 2.75) is 64.3 Å². The molecule has 112 valence electrons. The van der Waals surface area contributed by atoms with Crippen LogP contribution in [-0.4, -0.2) is 46.6 Å². The molecule has 0 rings (SSSR count). The molecule has 0 spiro atoms. The van der Waals surface area contributed by atoms with Gasteiger partial charge in [-0.05, 0) is 40.5 Å². The van der Waals surface area contributed by atoms with Crippen LogP contribution >= 0.6 is 0 Å². The van der Waals surface area contributed by atoms with Gasteiger partial charge in [0, 0.05) is 0 Å². The molecule has 0 saturated carbocycles. The summed E-state index contributed by atoms with van der Waals surface area (Å²) in [6, 6.07) is 0. The van der Waals surface area contributed by atoms with Gasteiger partial charge in [-0.25, -0.2) is 4.79 Å². The van der Waals surface area contributed by atoms with Crippen LogP contribution < -0.4 is 0 Å². The molecular weight excluding hydrogens is 252 g/mol. The summed E-state index contributed by atoms with van der Waals surface area (Å²) in [5, 5.41) is 20.0. The smallest absolute Gasteiger partial charge is 0.338 e. The zero-order valence-corrected chi connectivity index (χ0v) is 12.2. The van der Waals surface area contributed by atoms with Gasteiger partial charge in [-0.2, -0.15) is 0 Å². The van der Waals surface area contributed by atoms with E-state index in [9.17, 15) is 19.8 Å². The van der Waals surface area contributed by atoms with Crippen LogP contribution in [0.4, 0.5) is 0 Å². The summed E-state index contributed by atoms with van der Waals surface area (Å²) in [7, 11) is 1.17. The Labute approximate surface area is 113 Å². The summed E-state index contributed by atoms with van der Waals surface area (Å²) < 4.78 is 9.41. The van der Waals surface area contributed by atoms with E-state index in [1.807, 2.05) is 0 Å². The highest BCUT2D eigenvalue weighted by Gasteiger charge is 2.41. The lowest BCUT2D eigenvalue weighted by Gasteiger charge is -2.28. The van der Waals surface area contributed by atoms with Crippen molar-refractivity contribution < 1.29 is 29.3 Å². The van der Waals surface area contributed by atoms with Gasteiger partial charge in [0.15, 0.2) is 5.60 Å². The lowest BCUT2D eigenvalue weighted by atomic mass is 9.89. The van der Waals surface area contributed by atoms with Gasteiger partial charge in [-0.3, -0.25) is 4.79 Å². The molecule has 0 heterocycles. The Morgan fingerprint density at radius 3 is 2.05 bits per heavy atom. The molecule has 1 atom stereocenters. The molecule has 0 bridgehead atoms. The van der Waals surface area contributed by atoms with E-state index in [-0.39, 0.29) is 12.8 Å². The van der Waals surface area contributed by atoms with Gasteiger partial charge >= 0.3 is 11.9 Å². The molecule has 0 aliphatic rings. The predicted octanol–water partition coefficient (Wildman–Crippen LogP) is 0.783. The van der Waals surface area contributed by atoms with Crippen LogP contribution in [0, 0.1) is 0 Å². The normalized spacial score (nSPS) is 14.9. The highest BCUT2D eigenvalue weighted by molar-refractivity contribution is 5.85. The molecule has 0 amide bonds. The van der Waals surface area contributed by atoms with E-state index in [1.165, 1.54) is 7.11 Å². The van der Waals surface area contributed by atoms with E-state index < -0.39 is 35.7 Å². The Morgan fingerprint density at radius 1 is 1.16 bits per heavy atom. The summed E-state index contributed by atoms with van der Waals surface area (Å²) >= 11 is 0. The maximum Gasteiger partial charge on any atom is 0.338 e. The largest absolute Gasteiger partial charge is 0.469 e. The fourth-order valence-electron chi connectivity index (χ4n) is 1.41. The van der Waals surface area contributed by atoms with Crippen LogP contribution in [0.5, 0.6) is 0 Å². The second-order valence-corrected chi connectivity index (χ2v) is 5.55. The van der Waals surface area contributed by atoms with Crippen molar-refractivity contribution in [3.8, 4) is 0 Å². The van der Waals surface area contributed by atoms with Crippen LogP contribution in [0.15, 0.2) is 0 Å². The first-order chi connectivity index (χ1) is 8.50. The molecule has 6 nitrogen and oxygen atoms in total. The summed E-state index contributed by atoms with van der Waals surface area (Å²) in [5.74, 6) is -1.59. The summed E-state index contributed by atoms with van der Waals surface area (Å²) in [6.45, 7) is 6.40. The van der Waals surface area contributed by atoms with Crippen molar-refractivity contribution in [1.82, 2.24) is 0 Å². The lowest BCUT2D eigenvalue weighted by molar-refractivity contribution is -0.177. The number of aliphatic hydroxyl groups is 2. The first kappa shape index (κ1) is 17.9. The van der Waals surface area contributed by atoms with E-state index in [2.05, 4.69) is 4.74 Å². The summed E-state index contributed by atoms with van der Waals surface area (Å²) in [5.41, 5.74) is -3.03. The molecule has 0 aliphatic carbocycles. The topological polar surface area (TPSA) is 93.1 Å². The monoisotopic (exact) mass is 276 g/mol. The average molecular weight is 276 g/mol. The minimum absolute atomic E-state index is 0.0862. The third kappa shape index (κ3) is 7.12. The van der Waals surface area contributed by atoms with Crippen molar-refractivity contribution in [2.75, 3.05) is 7.11 Å². The quantitative estimate of drug-likeness (QED) is 0.668. The molecule has 0 fully saturated rings. The number of hydrogen-bond donors (Lipinski definition) is 2. The van der Waals surface area contributed by atoms with Crippen LogP contribution in [0.2, 0.25) is 0 Å². The molecule has 19 heavy (non-hydrogen) atoms. The molecule has 0 aromatic carbocycles. The molecule has 0 aromatic heterocycles. The van der Waals surface area contributed by atoms with E-state index in [0.717, 1.165) is 0 Å². The second-order valence-electron chi connectivity index (χ2n) is 5.55. The molecule has 6 heteroatoms. The first-order valence-corrected chi connectivity index (χ1v) is 6.23. The molecule has 2 N–H and O–H groups in total. The molecule has 0 radical (unpaired) electrons. The predicted molar refractivity (Wildman–Crippen MR) is 68.3 cm³/mol. The minimum Gasteiger partial charge on any atom is -0.469 e. The molecular formula is C13H24O6. The van der Waals surface area contributed by atoms with Crippen LogP contribution in [0.25, 0.3) is 0 Å². The lowest BCUT2D eigenvalue weighted by Crippen LogP contribution is -2.44. The highest BCUT2D eigenvalue weighted by atomic mass is 16.6. The van der Waals surface area contributed by atoms with Gasteiger partial charge in [0.25, 0.3) is 0 Å². The van der Waals surface area contributed by atoms with Gasteiger partial charge < -0.3 is 19.7 Å². The third-order valence-electron chi connectivity index (χ3n) is 2.54. The fraction of sp³-hybridized carbons (Fsp3) is 0.846. The van der Waals surface area contributed by atoms with Gasteiger partial charge in [0.2, 0.25) is 0 Å². The third-order valence-corrected chi connectivity index (χ3v) is 2.54. The van der Waals surface area contributed by atoms with Crippen LogP contribution in [0.3, 0.4) is 0 Å². The Morgan fingerprint density at radius 2 is 1.68 bits per heavy atom. The number of rotatable bonds is 7. The van der Waals surface area contributed by atoms with E-state index in [0.29, 0.717) is 0 Å². The first-order valence-electron chi connectivity index (χ1n) is 6.23. The summed E-state index contributed by atoms with van der Waals surface area (Å²) in [4.78, 5) is 23.2. The van der Waals surface area contributed by atoms with Gasteiger partial charge in [0.05, 0.1) is 25.2 Å². The minimum atomic E-state index is -1.97. The number of carbonyl (C=O) groups is 2. The maximum absolute atomic E-state index is 11.9. The van der Waals surface area contributed by atoms with Crippen molar-refractivity contribution in [3.05, 3.63) is 0 Å². The van der Waals surface area contributed by atoms with Crippen LogP contribution in [0.1, 0.15) is 47.0 Å². The zero-order valence-electron chi connectivity index (χ0n) is 12.2. The number of hydrogen-bond acceptors (Lipinski definition) is 6. The Balaban J connectivity index is 4.90. The maximum atomic E-state index is 11.9. The van der Waals surface area contributed by atoms with E-state index in [1.54, 1.807) is 27.7 Å². The van der Waals surface area contributed by atoms with E-state index >= 15 is 0 Å². The molecule has 0 aromatic rings. The van der Waals surface area contributed by atoms with Gasteiger partial charge in [0.1, 0.15) is 0 Å². The summed E-state index contributed by atoms with van der Waals surface area (Å²) in [6.07, 6.45) is -0.838. The fourth-order valence-corrected chi connectivity index (χ4v) is 1.41. The average Bonchev–Trinajstić information content (AvgIpc) is 2.24. The van der Waals surface area contributed by atoms with Crippen molar-refractivity contribution >= 4 is 11.9 Å². The van der Waals surface area contributed by atoms with Gasteiger partial charge in [-0.1, -0.05) is 0 Å². The highest BCUT2D eigenvalue weighted by Crippen LogP contribution is 2.25. The Bertz CT molecular complexity index is 318. The SMILES string of the molecule is COC(=O)CC(O)(CCC(C)(C)O)C(=O)OC(C)C. The molecule has 0 aliphatic heterocycles. The Kier molecular flexibility index (Phi) is 6.45. The number of ether oxygens (including phenoxy) is 2. The number of esters is 2. The second kappa shape index (κ2) is 6.86. The number of carbonyl (C=O) groups excluding carboxylic acids is 2. The number of methoxy groups -OCH3 is 1. The van der Waals surface area contributed by atoms with Gasteiger partial charge in [-0.15, -0.1) is 0 Å². The van der Waals surface area contributed by atoms with Crippen molar-refractivity contribution in [2.24, 2.45) is 0 Å². The van der Waals surface area contributed by atoms with Crippen LogP contribution in [-0.2, 0) is 19.1 Å². The standard InChI is InChI=1S/C13H24O6/c1-9(2)19-11(15)13(17,8-10(14)18-5)7-6-12(3,4)16/h9,16-17H,6-8H2,1-5H3. The Hall–Kier alpha value is -1.14. The van der Waals surface area contributed by atoms with E-state index in [4.69, 9.17) is 4.74 Å². The zero-order chi connectivity index (χ0) is 15.3. The molecule has 0 saturated heterocycles.